The first-order valence-electron chi connectivity index (χ1n) is 4.62. The van der Waals surface area contributed by atoms with Crippen molar-refractivity contribution < 1.29 is 20.1 Å². The SMILES string of the molecule is CCCC1O[C](C)C(O)C(O)C1O. The second-order valence-electron chi connectivity index (χ2n) is 3.48. The van der Waals surface area contributed by atoms with Gasteiger partial charge in [-0.05, 0) is 13.3 Å². The van der Waals surface area contributed by atoms with E-state index in [0.717, 1.165) is 6.42 Å². The van der Waals surface area contributed by atoms with Gasteiger partial charge in [-0.25, -0.2) is 0 Å². The Labute approximate surface area is 78.1 Å². The Morgan fingerprint density at radius 2 is 1.85 bits per heavy atom. The molecule has 0 aliphatic carbocycles. The van der Waals surface area contributed by atoms with E-state index in [1.54, 1.807) is 6.92 Å². The van der Waals surface area contributed by atoms with Gasteiger partial charge in [0.2, 0.25) is 0 Å². The van der Waals surface area contributed by atoms with E-state index in [1.807, 2.05) is 6.92 Å². The van der Waals surface area contributed by atoms with Crippen molar-refractivity contribution in [2.75, 3.05) is 0 Å². The Kier molecular flexibility index (Phi) is 3.67. The molecule has 1 fully saturated rings. The second-order valence-corrected chi connectivity index (χ2v) is 3.48. The molecule has 3 N–H and O–H groups in total. The first kappa shape index (κ1) is 10.9. The molecule has 1 aliphatic rings. The number of rotatable bonds is 2. The highest BCUT2D eigenvalue weighted by Crippen LogP contribution is 2.27. The average molecular weight is 189 g/mol. The smallest absolute Gasteiger partial charge is 0.125 e. The van der Waals surface area contributed by atoms with Crippen LogP contribution < -0.4 is 0 Å². The number of hydrogen-bond acceptors (Lipinski definition) is 4. The monoisotopic (exact) mass is 189 g/mol. The molecule has 1 saturated heterocycles. The maximum Gasteiger partial charge on any atom is 0.125 e. The molecule has 4 atom stereocenters. The fourth-order valence-electron chi connectivity index (χ4n) is 1.54. The molecule has 0 aromatic rings. The summed E-state index contributed by atoms with van der Waals surface area (Å²) in [4.78, 5) is 0. The Balaban J connectivity index is 2.59. The quantitative estimate of drug-likeness (QED) is 0.563. The van der Waals surface area contributed by atoms with E-state index in [1.165, 1.54) is 0 Å². The lowest BCUT2D eigenvalue weighted by Gasteiger charge is -2.38. The Bertz CT molecular complexity index is 162. The number of ether oxygens (including phenoxy) is 1. The van der Waals surface area contributed by atoms with Crippen LogP contribution in [0.15, 0.2) is 0 Å². The van der Waals surface area contributed by atoms with Crippen molar-refractivity contribution in [1.29, 1.82) is 0 Å². The van der Waals surface area contributed by atoms with Gasteiger partial charge < -0.3 is 20.1 Å². The second kappa shape index (κ2) is 4.37. The maximum absolute atomic E-state index is 9.51. The fraction of sp³-hybridized carbons (Fsp3) is 0.889. The van der Waals surface area contributed by atoms with Gasteiger partial charge in [0.1, 0.15) is 24.4 Å². The minimum Gasteiger partial charge on any atom is -0.388 e. The highest BCUT2D eigenvalue weighted by Gasteiger charge is 2.41. The average Bonchev–Trinajstić information content (AvgIpc) is 2.11. The van der Waals surface area contributed by atoms with E-state index in [2.05, 4.69) is 0 Å². The summed E-state index contributed by atoms with van der Waals surface area (Å²) in [6.45, 7) is 3.59. The summed E-state index contributed by atoms with van der Waals surface area (Å²) in [7, 11) is 0. The van der Waals surface area contributed by atoms with Crippen LogP contribution in [-0.4, -0.2) is 39.7 Å². The maximum atomic E-state index is 9.51. The minimum absolute atomic E-state index is 0.385. The van der Waals surface area contributed by atoms with E-state index in [9.17, 15) is 15.3 Å². The van der Waals surface area contributed by atoms with Gasteiger partial charge in [-0.15, -0.1) is 0 Å². The van der Waals surface area contributed by atoms with Gasteiger partial charge in [-0.2, -0.15) is 0 Å². The molecule has 0 aromatic heterocycles. The molecule has 0 amide bonds. The fourth-order valence-corrected chi connectivity index (χ4v) is 1.54. The van der Waals surface area contributed by atoms with Gasteiger partial charge in [-0.3, -0.25) is 0 Å². The van der Waals surface area contributed by atoms with Crippen molar-refractivity contribution in [3.8, 4) is 0 Å². The predicted octanol–water partition coefficient (Wildman–Crippen LogP) is -0.180. The predicted molar refractivity (Wildman–Crippen MR) is 46.7 cm³/mol. The van der Waals surface area contributed by atoms with Gasteiger partial charge in [0.15, 0.2) is 0 Å². The lowest BCUT2D eigenvalue weighted by Crippen LogP contribution is -2.53. The van der Waals surface area contributed by atoms with E-state index < -0.39 is 18.3 Å². The molecular weight excluding hydrogens is 172 g/mol. The number of aliphatic hydroxyl groups is 3. The molecule has 0 bridgehead atoms. The van der Waals surface area contributed by atoms with Gasteiger partial charge >= 0.3 is 0 Å². The lowest BCUT2D eigenvalue weighted by atomic mass is 9.93. The van der Waals surface area contributed by atoms with Crippen molar-refractivity contribution in [2.45, 2.75) is 51.1 Å². The highest BCUT2D eigenvalue weighted by molar-refractivity contribution is 4.99. The molecule has 0 saturated carbocycles. The summed E-state index contributed by atoms with van der Waals surface area (Å²) in [5, 5.41) is 28.3. The summed E-state index contributed by atoms with van der Waals surface area (Å²) in [6.07, 6.45) is -1.62. The molecule has 0 spiro atoms. The molecule has 1 rings (SSSR count). The van der Waals surface area contributed by atoms with E-state index >= 15 is 0 Å². The van der Waals surface area contributed by atoms with Crippen LogP contribution in [0, 0.1) is 6.10 Å². The number of hydrogen-bond donors (Lipinski definition) is 3. The minimum atomic E-state index is -1.12. The van der Waals surface area contributed by atoms with E-state index in [4.69, 9.17) is 4.74 Å². The lowest BCUT2D eigenvalue weighted by molar-refractivity contribution is -0.180. The van der Waals surface area contributed by atoms with Crippen molar-refractivity contribution in [2.24, 2.45) is 0 Å². The van der Waals surface area contributed by atoms with E-state index in [-0.39, 0.29) is 6.10 Å². The van der Waals surface area contributed by atoms with Crippen LogP contribution in [0.2, 0.25) is 0 Å². The molecule has 0 aromatic carbocycles. The first-order valence-corrected chi connectivity index (χ1v) is 4.62. The van der Waals surface area contributed by atoms with Crippen molar-refractivity contribution in [3.05, 3.63) is 6.10 Å². The zero-order valence-corrected chi connectivity index (χ0v) is 7.97. The Hall–Kier alpha value is -0.160. The summed E-state index contributed by atoms with van der Waals surface area (Å²) in [5.41, 5.74) is 0. The van der Waals surface area contributed by atoms with Crippen LogP contribution in [-0.2, 0) is 4.74 Å². The molecule has 77 valence electrons. The molecule has 13 heavy (non-hydrogen) atoms. The summed E-state index contributed by atoms with van der Waals surface area (Å²) < 4.78 is 5.28. The van der Waals surface area contributed by atoms with Crippen LogP contribution >= 0.6 is 0 Å². The Morgan fingerprint density at radius 1 is 1.23 bits per heavy atom. The third kappa shape index (κ3) is 2.20. The molecule has 4 heteroatoms. The first-order chi connectivity index (χ1) is 6.07. The van der Waals surface area contributed by atoms with Crippen LogP contribution in [0.4, 0.5) is 0 Å². The molecule has 1 radical (unpaired) electrons. The van der Waals surface area contributed by atoms with Crippen LogP contribution in [0.25, 0.3) is 0 Å². The third-order valence-corrected chi connectivity index (χ3v) is 2.38. The zero-order valence-electron chi connectivity index (χ0n) is 7.97. The van der Waals surface area contributed by atoms with Crippen LogP contribution in [0.5, 0.6) is 0 Å². The summed E-state index contributed by atoms with van der Waals surface area (Å²) >= 11 is 0. The van der Waals surface area contributed by atoms with Gasteiger partial charge in [0.05, 0.1) is 6.10 Å². The van der Waals surface area contributed by atoms with Crippen LogP contribution in [0.3, 0.4) is 0 Å². The normalized spacial score (nSPS) is 42.2. The van der Waals surface area contributed by atoms with E-state index in [0.29, 0.717) is 12.5 Å². The zero-order chi connectivity index (χ0) is 10.0. The summed E-state index contributed by atoms with van der Waals surface area (Å²) in [5.74, 6) is 0. The molecule has 1 heterocycles. The molecule has 1 aliphatic heterocycles. The van der Waals surface area contributed by atoms with Gasteiger partial charge in [-0.1, -0.05) is 13.3 Å². The summed E-state index contributed by atoms with van der Waals surface area (Å²) in [6, 6.07) is 0. The topological polar surface area (TPSA) is 69.9 Å². The highest BCUT2D eigenvalue weighted by atomic mass is 16.5. The standard InChI is InChI=1S/C9H17O4/c1-3-4-6-8(11)9(12)7(10)5(2)13-6/h6-12H,3-4H2,1-2H3. The largest absolute Gasteiger partial charge is 0.388 e. The third-order valence-electron chi connectivity index (χ3n) is 2.38. The Morgan fingerprint density at radius 3 is 2.38 bits per heavy atom. The molecule has 4 unspecified atom stereocenters. The van der Waals surface area contributed by atoms with Gasteiger partial charge in [0, 0.05) is 0 Å². The number of aliphatic hydroxyl groups excluding tert-OH is 3. The van der Waals surface area contributed by atoms with Gasteiger partial charge in [0.25, 0.3) is 0 Å². The van der Waals surface area contributed by atoms with Crippen LogP contribution in [0.1, 0.15) is 26.7 Å². The van der Waals surface area contributed by atoms with Crippen molar-refractivity contribution in [3.63, 3.8) is 0 Å². The molecule has 4 nitrogen and oxygen atoms in total. The van der Waals surface area contributed by atoms with Crippen molar-refractivity contribution >= 4 is 0 Å². The van der Waals surface area contributed by atoms with Crippen molar-refractivity contribution in [1.82, 2.24) is 0 Å². The molecular formula is C9H17O4.